The lowest BCUT2D eigenvalue weighted by molar-refractivity contribution is 0.611. The highest BCUT2D eigenvalue weighted by Gasteiger charge is 2.23. The Balaban J connectivity index is 1.99. The van der Waals surface area contributed by atoms with Crippen molar-refractivity contribution in [3.63, 3.8) is 0 Å². The van der Waals surface area contributed by atoms with Gasteiger partial charge in [-0.25, -0.2) is 4.98 Å². The summed E-state index contributed by atoms with van der Waals surface area (Å²) in [5.41, 5.74) is 7.11. The Labute approximate surface area is 147 Å². The standard InChI is InChI=1S/C21H23N3O/c1-6-22-15-9-19-17(7-12(15)2)23-18-8-14-13(3)11-21(4,5)24-16(14)10-20(18)25-19/h7-11,24H,6H2,1-5H3/b22-15-. The second-order valence-electron chi connectivity index (χ2n) is 7.33. The number of fused-ring (bicyclic) bond motifs is 3. The van der Waals surface area contributed by atoms with E-state index in [0.29, 0.717) is 0 Å². The molecule has 4 rings (SSSR count). The summed E-state index contributed by atoms with van der Waals surface area (Å²) >= 11 is 0. The van der Waals surface area contributed by atoms with Gasteiger partial charge in [0.25, 0.3) is 0 Å². The number of rotatable bonds is 1. The molecule has 25 heavy (non-hydrogen) atoms. The minimum Gasteiger partial charge on any atom is -0.453 e. The van der Waals surface area contributed by atoms with Gasteiger partial charge in [0.15, 0.2) is 11.3 Å². The van der Waals surface area contributed by atoms with E-state index < -0.39 is 0 Å². The van der Waals surface area contributed by atoms with Crippen LogP contribution in [0.15, 0.2) is 39.8 Å². The van der Waals surface area contributed by atoms with Gasteiger partial charge in [-0.15, -0.1) is 0 Å². The molecule has 0 atom stereocenters. The van der Waals surface area contributed by atoms with Crippen LogP contribution in [0.5, 0.6) is 0 Å². The van der Waals surface area contributed by atoms with Crippen LogP contribution in [0, 0.1) is 6.92 Å². The summed E-state index contributed by atoms with van der Waals surface area (Å²) in [4.78, 5) is 9.36. The van der Waals surface area contributed by atoms with Crippen molar-refractivity contribution in [2.24, 2.45) is 4.99 Å². The smallest absolute Gasteiger partial charge is 0.155 e. The van der Waals surface area contributed by atoms with Gasteiger partial charge in [-0.2, -0.15) is 0 Å². The van der Waals surface area contributed by atoms with Gasteiger partial charge in [0, 0.05) is 29.9 Å². The third kappa shape index (κ3) is 2.72. The average molecular weight is 333 g/mol. The minimum atomic E-state index is -0.0701. The van der Waals surface area contributed by atoms with Crippen molar-refractivity contribution >= 4 is 22.4 Å². The number of aromatic nitrogens is 1. The predicted molar refractivity (Wildman–Crippen MR) is 103 cm³/mol. The molecule has 4 nitrogen and oxygen atoms in total. The van der Waals surface area contributed by atoms with Crippen molar-refractivity contribution in [3.05, 3.63) is 46.8 Å². The summed E-state index contributed by atoms with van der Waals surface area (Å²) in [6.45, 7) is 11.3. The highest BCUT2D eigenvalue weighted by atomic mass is 16.3. The first-order valence-corrected chi connectivity index (χ1v) is 8.74. The molecule has 0 amide bonds. The molecule has 128 valence electrons. The molecule has 2 heterocycles. The maximum Gasteiger partial charge on any atom is 0.155 e. The molecule has 1 aliphatic carbocycles. The molecule has 0 saturated carbocycles. The average Bonchev–Trinajstić information content (AvgIpc) is 2.52. The van der Waals surface area contributed by atoms with Gasteiger partial charge >= 0.3 is 0 Å². The number of benzene rings is 2. The second-order valence-corrected chi connectivity index (χ2v) is 7.33. The van der Waals surface area contributed by atoms with Crippen LogP contribution in [0.3, 0.4) is 0 Å². The van der Waals surface area contributed by atoms with Crippen molar-refractivity contribution < 1.29 is 4.42 Å². The van der Waals surface area contributed by atoms with E-state index in [1.807, 2.05) is 13.0 Å². The number of hydrogen-bond acceptors (Lipinski definition) is 4. The van der Waals surface area contributed by atoms with Gasteiger partial charge in [0.1, 0.15) is 11.2 Å². The maximum atomic E-state index is 6.18. The van der Waals surface area contributed by atoms with Crippen LogP contribution in [-0.4, -0.2) is 17.1 Å². The van der Waals surface area contributed by atoms with E-state index in [2.05, 4.69) is 62.3 Å². The molecule has 4 heteroatoms. The number of allylic oxidation sites excluding steroid dienone is 1. The minimum absolute atomic E-state index is 0.0701. The third-order valence-electron chi connectivity index (χ3n) is 4.62. The fraction of sp³-hybridized carbons (Fsp3) is 0.333. The number of aryl methyl sites for hydroxylation is 1. The highest BCUT2D eigenvalue weighted by Crippen LogP contribution is 2.37. The molecule has 3 aliphatic rings. The number of nitrogens with zero attached hydrogens (tertiary/aromatic N) is 2. The monoisotopic (exact) mass is 333 g/mol. The van der Waals surface area contributed by atoms with Crippen LogP contribution in [-0.2, 0) is 0 Å². The summed E-state index contributed by atoms with van der Waals surface area (Å²) < 4.78 is 6.18. The van der Waals surface area contributed by atoms with E-state index in [1.54, 1.807) is 0 Å². The summed E-state index contributed by atoms with van der Waals surface area (Å²) in [6, 6.07) is 8.21. The molecular formula is C21H23N3O. The molecule has 2 aliphatic heterocycles. The van der Waals surface area contributed by atoms with E-state index in [4.69, 9.17) is 9.40 Å². The van der Waals surface area contributed by atoms with E-state index in [1.165, 1.54) is 11.1 Å². The molecule has 1 aromatic rings. The van der Waals surface area contributed by atoms with Crippen molar-refractivity contribution in [2.45, 2.75) is 40.2 Å². The summed E-state index contributed by atoms with van der Waals surface area (Å²) in [5, 5.41) is 4.53. The van der Waals surface area contributed by atoms with Gasteiger partial charge < -0.3 is 9.73 Å². The van der Waals surface area contributed by atoms with E-state index in [0.717, 1.165) is 45.7 Å². The van der Waals surface area contributed by atoms with Crippen LogP contribution >= 0.6 is 0 Å². The molecule has 0 bridgehead atoms. The summed E-state index contributed by atoms with van der Waals surface area (Å²) in [7, 11) is 0. The fourth-order valence-electron chi connectivity index (χ4n) is 3.59. The number of nitrogens with one attached hydrogen (secondary N) is 1. The SMILES string of the molecule is CC/N=c1/cc2oc3cc4c(cc3nc-2cc1C)C(C)=CC(C)(C)N4. The van der Waals surface area contributed by atoms with Crippen LogP contribution in [0.1, 0.15) is 38.8 Å². The number of anilines is 1. The van der Waals surface area contributed by atoms with Crippen LogP contribution in [0.4, 0.5) is 5.69 Å². The first-order chi connectivity index (χ1) is 11.9. The van der Waals surface area contributed by atoms with Gasteiger partial charge in [0.05, 0.1) is 10.9 Å². The van der Waals surface area contributed by atoms with Crippen molar-refractivity contribution in [1.82, 2.24) is 4.98 Å². The molecule has 0 saturated heterocycles. The van der Waals surface area contributed by atoms with Gasteiger partial charge in [-0.3, -0.25) is 4.99 Å². The zero-order chi connectivity index (χ0) is 17.8. The Morgan fingerprint density at radius 1 is 1.16 bits per heavy atom. The molecule has 1 aromatic carbocycles. The van der Waals surface area contributed by atoms with E-state index in [-0.39, 0.29) is 5.54 Å². The first-order valence-electron chi connectivity index (χ1n) is 8.74. The molecule has 0 aromatic heterocycles. The second kappa shape index (κ2) is 5.45. The van der Waals surface area contributed by atoms with Crippen LogP contribution in [0.25, 0.3) is 28.1 Å². The normalized spacial score (nSPS) is 16.7. The molecule has 0 unspecified atom stereocenters. The first kappa shape index (κ1) is 15.9. The number of hydrogen-bond donors (Lipinski definition) is 1. The zero-order valence-corrected chi connectivity index (χ0v) is 15.4. The largest absolute Gasteiger partial charge is 0.453 e. The third-order valence-corrected chi connectivity index (χ3v) is 4.62. The quantitative estimate of drug-likeness (QED) is 0.653. The Morgan fingerprint density at radius 2 is 1.96 bits per heavy atom. The zero-order valence-electron chi connectivity index (χ0n) is 15.4. The van der Waals surface area contributed by atoms with Crippen LogP contribution in [0.2, 0.25) is 0 Å². The van der Waals surface area contributed by atoms with Crippen molar-refractivity contribution in [2.75, 3.05) is 11.9 Å². The molecule has 0 spiro atoms. The van der Waals surface area contributed by atoms with Crippen molar-refractivity contribution in [1.29, 1.82) is 0 Å². The summed E-state index contributed by atoms with van der Waals surface area (Å²) in [6.07, 6.45) is 2.25. The lowest BCUT2D eigenvalue weighted by Crippen LogP contribution is -2.31. The fourth-order valence-corrected chi connectivity index (χ4v) is 3.59. The topological polar surface area (TPSA) is 50.4 Å². The Hall–Kier alpha value is -2.62. The maximum absolute atomic E-state index is 6.18. The summed E-state index contributed by atoms with van der Waals surface area (Å²) in [5.74, 6) is 0.771. The van der Waals surface area contributed by atoms with Crippen molar-refractivity contribution in [3.8, 4) is 11.5 Å². The lowest BCUT2D eigenvalue weighted by Gasteiger charge is -2.31. The van der Waals surface area contributed by atoms with Gasteiger partial charge in [-0.1, -0.05) is 6.08 Å². The molecular weight excluding hydrogens is 310 g/mol. The molecule has 0 fully saturated rings. The highest BCUT2D eigenvalue weighted by molar-refractivity contribution is 5.90. The van der Waals surface area contributed by atoms with Crippen LogP contribution < -0.4 is 10.7 Å². The van der Waals surface area contributed by atoms with E-state index in [9.17, 15) is 0 Å². The predicted octanol–water partition coefficient (Wildman–Crippen LogP) is 4.77. The Kier molecular flexibility index (Phi) is 3.46. The lowest BCUT2D eigenvalue weighted by atomic mass is 9.91. The van der Waals surface area contributed by atoms with Gasteiger partial charge in [0.2, 0.25) is 0 Å². The van der Waals surface area contributed by atoms with Gasteiger partial charge in [-0.05, 0) is 57.9 Å². The van der Waals surface area contributed by atoms with E-state index >= 15 is 0 Å². The Bertz CT molecular complexity index is 1060. The molecule has 1 N–H and O–H groups in total. The molecule has 0 radical (unpaired) electrons. The Morgan fingerprint density at radius 3 is 2.72 bits per heavy atom.